The third-order valence-corrected chi connectivity index (χ3v) is 6.70. The van der Waals surface area contributed by atoms with Crippen molar-refractivity contribution in [2.75, 3.05) is 5.75 Å². The first-order valence-electron chi connectivity index (χ1n) is 8.47. The van der Waals surface area contributed by atoms with Crippen molar-refractivity contribution in [3.05, 3.63) is 76.9 Å². The predicted molar refractivity (Wildman–Crippen MR) is 103 cm³/mol. The van der Waals surface area contributed by atoms with Crippen molar-refractivity contribution in [3.63, 3.8) is 0 Å². The van der Waals surface area contributed by atoms with Crippen LogP contribution in [0.1, 0.15) is 27.7 Å². The molecule has 2 atom stereocenters. The third kappa shape index (κ3) is 3.26. The Morgan fingerprint density at radius 2 is 1.43 bits per heavy atom. The van der Waals surface area contributed by atoms with Gasteiger partial charge in [0.05, 0.1) is 0 Å². The summed E-state index contributed by atoms with van der Waals surface area (Å²) in [4.78, 5) is 1.37. The van der Waals surface area contributed by atoms with E-state index in [1.54, 1.807) is 11.1 Å². The van der Waals surface area contributed by atoms with E-state index in [0.29, 0.717) is 17.8 Å². The Kier molecular flexibility index (Phi) is 4.96. The Hall–Kier alpha value is -1.47. The van der Waals surface area contributed by atoms with Gasteiger partial charge in [0.2, 0.25) is 0 Å². The minimum atomic E-state index is 0.581. The van der Waals surface area contributed by atoms with Crippen LogP contribution in [0.2, 0.25) is 0 Å². The van der Waals surface area contributed by atoms with E-state index >= 15 is 0 Å². The molecule has 0 radical (unpaired) electrons. The summed E-state index contributed by atoms with van der Waals surface area (Å²) in [6, 6.07) is 10.8. The summed E-state index contributed by atoms with van der Waals surface area (Å²) in [6.45, 7) is 9.22. The van der Waals surface area contributed by atoms with Gasteiger partial charge in [0.25, 0.3) is 0 Å². The summed E-state index contributed by atoms with van der Waals surface area (Å²) >= 11 is 1.98. The molecule has 0 bridgehead atoms. The Balaban J connectivity index is 1.78. The van der Waals surface area contributed by atoms with Crippen LogP contribution < -0.4 is 0 Å². The van der Waals surface area contributed by atoms with Crippen LogP contribution in [0.4, 0.5) is 0 Å². The van der Waals surface area contributed by atoms with Crippen LogP contribution in [0.5, 0.6) is 0 Å². The normalized spacial score (nSPS) is 24.9. The van der Waals surface area contributed by atoms with Crippen LogP contribution in [-0.2, 0) is 0 Å². The van der Waals surface area contributed by atoms with Crippen molar-refractivity contribution in [2.24, 2.45) is 17.8 Å². The molecule has 0 saturated carbocycles. The Bertz CT molecular complexity index is 664. The number of hydrogen-bond donors (Lipinski definition) is 0. The van der Waals surface area contributed by atoms with Crippen LogP contribution in [0.15, 0.2) is 81.8 Å². The molecular weight excluding hydrogens is 296 g/mol. The Labute approximate surface area is 145 Å². The highest BCUT2D eigenvalue weighted by Gasteiger charge is 2.34. The molecule has 0 amide bonds. The molecule has 0 aliphatic heterocycles. The highest BCUT2D eigenvalue weighted by atomic mass is 32.2. The molecule has 0 spiro atoms. The summed E-state index contributed by atoms with van der Waals surface area (Å²) in [5.41, 5.74) is 6.15. The summed E-state index contributed by atoms with van der Waals surface area (Å²) in [7, 11) is 0. The monoisotopic (exact) mass is 322 g/mol. The number of rotatable bonds is 4. The van der Waals surface area contributed by atoms with Crippen molar-refractivity contribution < 1.29 is 0 Å². The summed E-state index contributed by atoms with van der Waals surface area (Å²) < 4.78 is 0. The van der Waals surface area contributed by atoms with Gasteiger partial charge in [-0.3, -0.25) is 0 Å². The zero-order valence-electron chi connectivity index (χ0n) is 14.5. The highest BCUT2D eigenvalue weighted by molar-refractivity contribution is 7.99. The first-order chi connectivity index (χ1) is 11.1. The fourth-order valence-electron chi connectivity index (χ4n) is 3.86. The van der Waals surface area contributed by atoms with Gasteiger partial charge in [0.15, 0.2) is 0 Å². The second kappa shape index (κ2) is 6.97. The van der Waals surface area contributed by atoms with Crippen molar-refractivity contribution in [2.45, 2.75) is 32.6 Å². The first kappa shape index (κ1) is 16.4. The van der Waals surface area contributed by atoms with Gasteiger partial charge in [-0.2, -0.15) is 0 Å². The molecule has 0 aromatic heterocycles. The van der Waals surface area contributed by atoms with Gasteiger partial charge < -0.3 is 0 Å². The number of thioether (sulfide) groups is 1. The summed E-state index contributed by atoms with van der Waals surface area (Å²) in [6.07, 6.45) is 9.29. The third-order valence-electron chi connectivity index (χ3n) is 5.55. The molecule has 0 fully saturated rings. The lowest BCUT2D eigenvalue weighted by atomic mass is 9.75. The fraction of sp³-hybridized carbons (Fsp3) is 0.364. The van der Waals surface area contributed by atoms with Crippen LogP contribution >= 0.6 is 11.8 Å². The van der Waals surface area contributed by atoms with E-state index in [1.165, 1.54) is 16.0 Å². The molecule has 23 heavy (non-hydrogen) atoms. The standard InChI is InChI=1S/C22H26S/c1-15-16(2)18(4)22(17(15)3)21-13-9-8-10-19(21)14-23-20-11-6-5-7-12-20/h5-13,19,21-22H,14H2,1-4H3. The molecule has 0 heterocycles. The zero-order chi connectivity index (χ0) is 16.4. The molecule has 1 aromatic carbocycles. The second-order valence-electron chi connectivity index (χ2n) is 6.73. The molecule has 2 aliphatic carbocycles. The Morgan fingerprint density at radius 3 is 2.09 bits per heavy atom. The van der Waals surface area contributed by atoms with Crippen LogP contribution in [-0.4, -0.2) is 5.75 Å². The number of benzene rings is 1. The van der Waals surface area contributed by atoms with Gasteiger partial charge >= 0.3 is 0 Å². The van der Waals surface area contributed by atoms with Gasteiger partial charge in [0.1, 0.15) is 0 Å². The van der Waals surface area contributed by atoms with Crippen LogP contribution in [0.3, 0.4) is 0 Å². The number of hydrogen-bond acceptors (Lipinski definition) is 1. The molecule has 120 valence electrons. The Morgan fingerprint density at radius 1 is 0.826 bits per heavy atom. The van der Waals surface area contributed by atoms with E-state index in [1.807, 2.05) is 11.8 Å². The van der Waals surface area contributed by atoms with E-state index in [9.17, 15) is 0 Å². The van der Waals surface area contributed by atoms with Crippen molar-refractivity contribution in [1.82, 2.24) is 0 Å². The minimum absolute atomic E-state index is 0.581. The van der Waals surface area contributed by atoms with E-state index < -0.39 is 0 Å². The van der Waals surface area contributed by atoms with Crippen LogP contribution in [0.25, 0.3) is 0 Å². The van der Waals surface area contributed by atoms with E-state index in [2.05, 4.69) is 82.3 Å². The maximum atomic E-state index is 2.43. The van der Waals surface area contributed by atoms with E-state index in [0.717, 1.165) is 5.75 Å². The van der Waals surface area contributed by atoms with Gasteiger partial charge in [-0.05, 0) is 62.8 Å². The highest BCUT2D eigenvalue weighted by Crippen LogP contribution is 2.45. The lowest BCUT2D eigenvalue weighted by molar-refractivity contribution is 0.422. The average molecular weight is 323 g/mol. The van der Waals surface area contributed by atoms with Crippen molar-refractivity contribution in [1.29, 1.82) is 0 Å². The summed E-state index contributed by atoms with van der Waals surface area (Å²) in [5, 5.41) is 0. The maximum Gasteiger partial charge on any atom is 0.00819 e. The van der Waals surface area contributed by atoms with E-state index in [4.69, 9.17) is 0 Å². The quantitative estimate of drug-likeness (QED) is 0.575. The average Bonchev–Trinajstić information content (AvgIpc) is 2.78. The maximum absolute atomic E-state index is 2.43. The van der Waals surface area contributed by atoms with Crippen molar-refractivity contribution >= 4 is 11.8 Å². The van der Waals surface area contributed by atoms with Crippen molar-refractivity contribution in [3.8, 4) is 0 Å². The molecule has 0 N–H and O–H groups in total. The molecule has 1 heteroatoms. The second-order valence-corrected chi connectivity index (χ2v) is 7.82. The van der Waals surface area contributed by atoms with Gasteiger partial charge in [0, 0.05) is 16.6 Å². The largest absolute Gasteiger partial charge is 0.126 e. The molecule has 0 nitrogen and oxygen atoms in total. The fourth-order valence-corrected chi connectivity index (χ4v) is 4.93. The predicted octanol–water partition coefficient (Wildman–Crippen LogP) is 6.44. The zero-order valence-corrected chi connectivity index (χ0v) is 15.4. The molecular formula is C22H26S. The SMILES string of the molecule is CC1=C(C)C(C2C=CC=CC2CSc2ccccc2)C(C)=C1C. The minimum Gasteiger partial charge on any atom is -0.126 e. The van der Waals surface area contributed by atoms with Gasteiger partial charge in [-0.1, -0.05) is 53.6 Å². The molecule has 2 aliphatic rings. The van der Waals surface area contributed by atoms with Gasteiger partial charge in [-0.15, -0.1) is 11.8 Å². The molecule has 1 aromatic rings. The molecule has 0 saturated heterocycles. The molecule has 2 unspecified atom stereocenters. The van der Waals surface area contributed by atoms with Gasteiger partial charge in [-0.25, -0.2) is 0 Å². The summed E-state index contributed by atoms with van der Waals surface area (Å²) in [5.74, 6) is 2.91. The lowest BCUT2D eigenvalue weighted by Crippen LogP contribution is -2.24. The molecule has 3 rings (SSSR count). The van der Waals surface area contributed by atoms with E-state index in [-0.39, 0.29) is 0 Å². The first-order valence-corrected chi connectivity index (χ1v) is 9.46. The lowest BCUT2D eigenvalue weighted by Gasteiger charge is -2.31. The number of allylic oxidation sites excluding steroid dienone is 8. The smallest absolute Gasteiger partial charge is 0.00819 e. The van der Waals surface area contributed by atoms with Crippen LogP contribution in [0, 0.1) is 17.8 Å². The topological polar surface area (TPSA) is 0 Å².